The molecule has 0 saturated heterocycles. The third-order valence-electron chi connectivity index (χ3n) is 6.14. The van der Waals surface area contributed by atoms with Crippen LogP contribution in [0.2, 0.25) is 0 Å². The van der Waals surface area contributed by atoms with Gasteiger partial charge in [-0.25, -0.2) is 19.4 Å². The molecule has 1 aromatic carbocycles. The van der Waals surface area contributed by atoms with Crippen LogP contribution < -0.4 is 5.32 Å². The van der Waals surface area contributed by atoms with Gasteiger partial charge in [-0.05, 0) is 48.9 Å². The number of hydrogen-bond acceptors (Lipinski definition) is 5. The molecular weight excluding hydrogens is 434 g/mol. The van der Waals surface area contributed by atoms with Gasteiger partial charge in [0.05, 0.1) is 0 Å². The van der Waals surface area contributed by atoms with Crippen LogP contribution in [0.25, 0.3) is 11.1 Å². The molecule has 0 radical (unpaired) electrons. The molecule has 1 heterocycles. The second kappa shape index (κ2) is 11.3. The lowest BCUT2D eigenvalue weighted by Gasteiger charge is -2.32. The fourth-order valence-electron chi connectivity index (χ4n) is 4.25. The predicted molar refractivity (Wildman–Crippen MR) is 126 cm³/mol. The van der Waals surface area contributed by atoms with Gasteiger partial charge >= 0.3 is 12.1 Å². The summed E-state index contributed by atoms with van der Waals surface area (Å²) in [6, 6.07) is 8.36. The third kappa shape index (κ3) is 5.70. The molecule has 34 heavy (non-hydrogen) atoms. The molecule has 2 N–H and O–H groups in total. The third-order valence-corrected chi connectivity index (χ3v) is 6.14. The first kappa shape index (κ1) is 24.7. The van der Waals surface area contributed by atoms with Gasteiger partial charge in [-0.2, -0.15) is 5.26 Å². The van der Waals surface area contributed by atoms with Crippen molar-refractivity contribution in [3.63, 3.8) is 0 Å². The minimum atomic E-state index is -1.31. The van der Waals surface area contributed by atoms with Gasteiger partial charge < -0.3 is 10.4 Å². The van der Waals surface area contributed by atoms with E-state index in [4.69, 9.17) is 0 Å². The van der Waals surface area contributed by atoms with Crippen LogP contribution in [-0.4, -0.2) is 57.6 Å². The summed E-state index contributed by atoms with van der Waals surface area (Å²) in [6.45, 7) is 1.92. The normalized spacial score (nSPS) is 13.6. The predicted octanol–water partition coefficient (Wildman–Crippen LogP) is 4.17. The molecule has 0 aliphatic heterocycles. The van der Waals surface area contributed by atoms with Crippen molar-refractivity contribution in [2.24, 2.45) is 0 Å². The van der Waals surface area contributed by atoms with Gasteiger partial charge in [-0.1, -0.05) is 43.5 Å². The van der Waals surface area contributed by atoms with Crippen molar-refractivity contribution in [1.29, 1.82) is 5.26 Å². The highest BCUT2D eigenvalue weighted by atomic mass is 16.4. The van der Waals surface area contributed by atoms with E-state index in [9.17, 15) is 24.8 Å². The van der Waals surface area contributed by atoms with E-state index in [1.54, 1.807) is 13.2 Å². The highest BCUT2D eigenvalue weighted by Gasteiger charge is 2.33. The van der Waals surface area contributed by atoms with E-state index >= 15 is 0 Å². The SMILES string of the molecule is CNC(=O)c1ncc(-c2ccc(CCN(C#N)C(=O)N(C(=O)O)C3CCCCC3)cc2)cc1C. The highest BCUT2D eigenvalue weighted by molar-refractivity contribution is 5.94. The summed E-state index contributed by atoms with van der Waals surface area (Å²) < 4.78 is 0. The number of imide groups is 1. The summed E-state index contributed by atoms with van der Waals surface area (Å²) in [6.07, 6.45) is 6.65. The molecule has 1 aliphatic rings. The molecule has 4 amide bonds. The average Bonchev–Trinajstić information content (AvgIpc) is 2.85. The maximum Gasteiger partial charge on any atom is 0.415 e. The molecule has 0 unspecified atom stereocenters. The number of pyridine rings is 1. The summed E-state index contributed by atoms with van der Waals surface area (Å²) in [4.78, 5) is 42.4. The quantitative estimate of drug-likeness (QED) is 0.489. The van der Waals surface area contributed by atoms with E-state index in [-0.39, 0.29) is 18.5 Å². The number of nitrogens with one attached hydrogen (secondary N) is 1. The minimum Gasteiger partial charge on any atom is -0.465 e. The van der Waals surface area contributed by atoms with Crippen molar-refractivity contribution in [3.8, 4) is 17.3 Å². The number of carbonyl (C=O) groups is 3. The molecular formula is C25H29N5O4. The number of hydrogen-bond donors (Lipinski definition) is 2. The number of carboxylic acid groups (broad SMARTS) is 1. The van der Waals surface area contributed by atoms with E-state index in [0.717, 1.165) is 51.3 Å². The summed E-state index contributed by atoms with van der Waals surface area (Å²) in [5.74, 6) is -0.235. The number of amides is 4. The monoisotopic (exact) mass is 463 g/mol. The summed E-state index contributed by atoms with van der Waals surface area (Å²) in [7, 11) is 1.56. The first-order chi connectivity index (χ1) is 16.3. The van der Waals surface area contributed by atoms with E-state index in [2.05, 4.69) is 10.3 Å². The average molecular weight is 464 g/mol. The number of aryl methyl sites for hydroxylation is 1. The molecule has 1 aliphatic carbocycles. The molecule has 1 saturated carbocycles. The van der Waals surface area contributed by atoms with Crippen molar-refractivity contribution >= 4 is 18.0 Å². The molecule has 0 bridgehead atoms. The largest absolute Gasteiger partial charge is 0.465 e. The Hall–Kier alpha value is -3.93. The summed E-state index contributed by atoms with van der Waals surface area (Å²) >= 11 is 0. The zero-order valence-electron chi connectivity index (χ0n) is 19.5. The number of rotatable bonds is 6. The lowest BCUT2D eigenvalue weighted by Crippen LogP contribution is -2.50. The zero-order valence-corrected chi connectivity index (χ0v) is 19.5. The molecule has 3 rings (SSSR count). The summed E-state index contributed by atoms with van der Waals surface area (Å²) in [5.41, 5.74) is 3.85. The Morgan fingerprint density at radius 2 is 1.82 bits per heavy atom. The van der Waals surface area contributed by atoms with E-state index < -0.39 is 12.1 Å². The Bertz CT molecular complexity index is 1090. The molecule has 0 atom stereocenters. The first-order valence-corrected chi connectivity index (χ1v) is 11.4. The van der Waals surface area contributed by atoms with Crippen LogP contribution in [0, 0.1) is 18.4 Å². The van der Waals surface area contributed by atoms with Crippen LogP contribution in [0.15, 0.2) is 36.5 Å². The fraction of sp³-hybridized carbons (Fsp3) is 0.400. The van der Waals surface area contributed by atoms with Gasteiger partial charge in [-0.15, -0.1) is 0 Å². The molecule has 178 valence electrons. The smallest absolute Gasteiger partial charge is 0.415 e. The molecule has 1 aromatic heterocycles. The van der Waals surface area contributed by atoms with Crippen LogP contribution in [-0.2, 0) is 6.42 Å². The first-order valence-electron chi connectivity index (χ1n) is 11.4. The van der Waals surface area contributed by atoms with E-state index in [1.165, 1.54) is 0 Å². The number of carbonyl (C=O) groups excluding carboxylic acids is 2. The maximum atomic E-state index is 12.8. The fourth-order valence-corrected chi connectivity index (χ4v) is 4.25. The van der Waals surface area contributed by atoms with Gasteiger partial charge in [0, 0.05) is 31.4 Å². The molecule has 9 heteroatoms. The van der Waals surface area contributed by atoms with Crippen molar-refractivity contribution < 1.29 is 19.5 Å². The van der Waals surface area contributed by atoms with Crippen molar-refractivity contribution in [1.82, 2.24) is 20.1 Å². The Balaban J connectivity index is 1.66. The van der Waals surface area contributed by atoms with Gasteiger partial charge in [-0.3, -0.25) is 9.78 Å². The second-order valence-electron chi connectivity index (χ2n) is 8.39. The van der Waals surface area contributed by atoms with Crippen LogP contribution in [0.4, 0.5) is 9.59 Å². The zero-order chi connectivity index (χ0) is 24.7. The van der Waals surface area contributed by atoms with Crippen molar-refractivity contribution in [2.75, 3.05) is 13.6 Å². The molecule has 1 fully saturated rings. The standard InChI is InChI=1S/C25H29N5O4/c1-17-14-20(15-28-22(17)23(31)27-2)19-10-8-18(9-11-19)12-13-29(16-26)24(32)30(25(33)34)21-6-4-3-5-7-21/h8-11,14-15,21H,3-7,12-13H2,1-2H3,(H,27,31)(H,33,34). The van der Waals surface area contributed by atoms with Crippen LogP contribution in [0.5, 0.6) is 0 Å². The van der Waals surface area contributed by atoms with Gasteiger partial charge in [0.25, 0.3) is 5.91 Å². The van der Waals surface area contributed by atoms with Gasteiger partial charge in [0.15, 0.2) is 6.19 Å². The lowest BCUT2D eigenvalue weighted by molar-refractivity contribution is 0.0956. The Kier molecular flexibility index (Phi) is 8.19. The molecule has 2 aromatic rings. The van der Waals surface area contributed by atoms with Crippen LogP contribution in [0.3, 0.4) is 0 Å². The number of nitrogens with zero attached hydrogens (tertiary/aromatic N) is 4. The number of benzene rings is 1. The van der Waals surface area contributed by atoms with Crippen molar-refractivity contribution in [2.45, 2.75) is 51.5 Å². The van der Waals surface area contributed by atoms with Crippen LogP contribution in [0.1, 0.15) is 53.7 Å². The van der Waals surface area contributed by atoms with Gasteiger partial charge in [0.2, 0.25) is 0 Å². The molecule has 9 nitrogen and oxygen atoms in total. The Morgan fingerprint density at radius 3 is 2.38 bits per heavy atom. The topological polar surface area (TPSA) is 127 Å². The number of aromatic nitrogens is 1. The maximum absolute atomic E-state index is 12.8. The number of urea groups is 1. The Labute approximate surface area is 199 Å². The van der Waals surface area contributed by atoms with Crippen LogP contribution >= 0.6 is 0 Å². The lowest BCUT2D eigenvalue weighted by atomic mass is 9.94. The molecule has 0 spiro atoms. The highest BCUT2D eigenvalue weighted by Crippen LogP contribution is 2.24. The van der Waals surface area contributed by atoms with E-state index in [1.807, 2.05) is 43.4 Å². The second-order valence-corrected chi connectivity index (χ2v) is 8.39. The number of nitriles is 1. The van der Waals surface area contributed by atoms with Crippen molar-refractivity contribution in [3.05, 3.63) is 53.3 Å². The van der Waals surface area contributed by atoms with Gasteiger partial charge in [0.1, 0.15) is 5.69 Å². The summed E-state index contributed by atoms with van der Waals surface area (Å²) in [5, 5.41) is 21.7. The Morgan fingerprint density at radius 1 is 1.15 bits per heavy atom. The van der Waals surface area contributed by atoms with E-state index in [0.29, 0.717) is 25.0 Å². The minimum absolute atomic E-state index is 0.0900.